The molecular formula is C13H11FN2O3S. The fraction of sp³-hybridized carbons (Fsp3) is 0.154. The summed E-state index contributed by atoms with van der Waals surface area (Å²) in [7, 11) is -3.93. The zero-order chi connectivity index (χ0) is 14.9. The van der Waals surface area contributed by atoms with Crippen molar-refractivity contribution in [1.29, 1.82) is 5.26 Å². The van der Waals surface area contributed by atoms with Gasteiger partial charge in [0, 0.05) is 5.56 Å². The van der Waals surface area contributed by atoms with Crippen LogP contribution in [0.2, 0.25) is 0 Å². The molecule has 104 valence electrons. The number of rotatable bonds is 3. The number of nitrogens with zero attached hydrogens (tertiary/aromatic N) is 1. The molecule has 1 N–H and O–H groups in total. The third kappa shape index (κ3) is 2.51. The maximum absolute atomic E-state index is 12.8. The number of hydrogen-bond acceptors (Lipinski definition) is 4. The zero-order valence-electron chi connectivity index (χ0n) is 10.8. The molecule has 0 atom stereocenters. The standard InChI is InChI=1S/C13H11FN2O3S/c1-8-9(2)19-13(12(8)7-15)16-20(17,18)11-5-3-10(14)4-6-11/h3-6,16H,1-2H3. The summed E-state index contributed by atoms with van der Waals surface area (Å²) in [5.74, 6) is -0.212. The lowest BCUT2D eigenvalue weighted by Crippen LogP contribution is -2.13. The molecule has 0 spiro atoms. The number of furan rings is 1. The highest BCUT2D eigenvalue weighted by molar-refractivity contribution is 7.92. The second-order valence-electron chi connectivity index (χ2n) is 4.16. The van der Waals surface area contributed by atoms with E-state index in [-0.39, 0.29) is 16.3 Å². The van der Waals surface area contributed by atoms with Gasteiger partial charge in [-0.25, -0.2) is 17.5 Å². The van der Waals surface area contributed by atoms with Crippen LogP contribution < -0.4 is 4.72 Å². The Morgan fingerprint density at radius 1 is 1.25 bits per heavy atom. The van der Waals surface area contributed by atoms with Crippen molar-refractivity contribution in [3.63, 3.8) is 0 Å². The lowest BCUT2D eigenvalue weighted by atomic mass is 10.2. The Balaban J connectivity index is 2.41. The highest BCUT2D eigenvalue weighted by atomic mass is 32.2. The maximum atomic E-state index is 12.8. The molecule has 20 heavy (non-hydrogen) atoms. The SMILES string of the molecule is Cc1oc(NS(=O)(=O)c2ccc(F)cc2)c(C#N)c1C. The number of benzene rings is 1. The Morgan fingerprint density at radius 2 is 1.85 bits per heavy atom. The van der Waals surface area contributed by atoms with Crippen molar-refractivity contribution in [3.8, 4) is 6.07 Å². The van der Waals surface area contributed by atoms with Crippen molar-refractivity contribution in [2.75, 3.05) is 4.72 Å². The lowest BCUT2D eigenvalue weighted by Gasteiger charge is -2.05. The first-order valence-electron chi connectivity index (χ1n) is 5.63. The topological polar surface area (TPSA) is 83.1 Å². The van der Waals surface area contributed by atoms with Gasteiger partial charge in [0.05, 0.1) is 4.90 Å². The van der Waals surface area contributed by atoms with Gasteiger partial charge in [-0.15, -0.1) is 0 Å². The Bertz CT molecular complexity index is 786. The number of hydrogen-bond donors (Lipinski definition) is 1. The molecule has 1 heterocycles. The van der Waals surface area contributed by atoms with Gasteiger partial charge in [-0.2, -0.15) is 5.26 Å². The molecule has 1 aromatic carbocycles. The Labute approximate surface area is 115 Å². The van der Waals surface area contributed by atoms with E-state index in [9.17, 15) is 12.8 Å². The molecule has 0 bridgehead atoms. The monoisotopic (exact) mass is 294 g/mol. The number of anilines is 1. The molecule has 0 unspecified atom stereocenters. The average molecular weight is 294 g/mol. The summed E-state index contributed by atoms with van der Waals surface area (Å²) < 4.78 is 44.4. The number of nitrogens with one attached hydrogen (secondary N) is 1. The summed E-state index contributed by atoms with van der Waals surface area (Å²) in [4.78, 5) is -0.116. The number of nitriles is 1. The van der Waals surface area contributed by atoms with Crippen molar-refractivity contribution in [3.05, 3.63) is 47.0 Å². The van der Waals surface area contributed by atoms with Crippen molar-refractivity contribution in [1.82, 2.24) is 0 Å². The molecule has 0 aliphatic rings. The summed E-state index contributed by atoms with van der Waals surface area (Å²) in [6, 6.07) is 6.23. The predicted octanol–water partition coefficient (Wildman–Crippen LogP) is 2.71. The second-order valence-corrected chi connectivity index (χ2v) is 5.84. The molecule has 0 saturated heterocycles. The lowest BCUT2D eigenvalue weighted by molar-refractivity contribution is 0.546. The molecular weight excluding hydrogens is 283 g/mol. The summed E-state index contributed by atoms with van der Waals surface area (Å²) in [5.41, 5.74) is 0.706. The van der Waals surface area contributed by atoms with Crippen molar-refractivity contribution >= 4 is 15.9 Å². The van der Waals surface area contributed by atoms with Crippen LogP contribution in [-0.2, 0) is 10.0 Å². The normalized spacial score (nSPS) is 11.1. The highest BCUT2D eigenvalue weighted by Crippen LogP contribution is 2.27. The van der Waals surface area contributed by atoms with Crippen LogP contribution in [0.5, 0.6) is 0 Å². The van der Waals surface area contributed by atoms with Gasteiger partial charge in [-0.1, -0.05) is 0 Å². The number of sulfonamides is 1. The Morgan fingerprint density at radius 3 is 2.40 bits per heavy atom. The van der Waals surface area contributed by atoms with Crippen molar-refractivity contribution in [2.45, 2.75) is 18.7 Å². The van der Waals surface area contributed by atoms with Crippen LogP contribution in [-0.4, -0.2) is 8.42 Å². The minimum absolute atomic E-state index is 0.116. The average Bonchev–Trinajstić information content (AvgIpc) is 2.64. The van der Waals surface area contributed by atoms with E-state index in [4.69, 9.17) is 9.68 Å². The molecule has 0 aliphatic carbocycles. The summed E-state index contributed by atoms with van der Waals surface area (Å²) in [6.45, 7) is 3.29. The van der Waals surface area contributed by atoms with Crippen LogP contribution in [0, 0.1) is 31.0 Å². The van der Waals surface area contributed by atoms with E-state index in [0.29, 0.717) is 11.3 Å². The minimum Gasteiger partial charge on any atom is -0.443 e. The molecule has 0 amide bonds. The summed E-state index contributed by atoms with van der Waals surface area (Å²) >= 11 is 0. The minimum atomic E-state index is -3.93. The van der Waals surface area contributed by atoms with Gasteiger partial charge >= 0.3 is 0 Å². The highest BCUT2D eigenvalue weighted by Gasteiger charge is 2.21. The molecule has 1 aromatic heterocycles. The molecule has 2 rings (SSSR count). The first-order valence-corrected chi connectivity index (χ1v) is 7.12. The number of aryl methyl sites for hydroxylation is 1. The van der Waals surface area contributed by atoms with Gasteiger partial charge < -0.3 is 4.42 Å². The Kier molecular flexibility index (Phi) is 3.51. The molecule has 2 aromatic rings. The Hall–Kier alpha value is -2.33. The van der Waals surface area contributed by atoms with Gasteiger partial charge in [0.15, 0.2) is 0 Å². The van der Waals surface area contributed by atoms with Gasteiger partial charge in [0.25, 0.3) is 10.0 Å². The molecule has 7 heteroatoms. The molecule has 0 radical (unpaired) electrons. The van der Waals surface area contributed by atoms with Crippen molar-refractivity contribution in [2.24, 2.45) is 0 Å². The van der Waals surface area contributed by atoms with E-state index in [1.54, 1.807) is 13.8 Å². The number of halogens is 1. The van der Waals surface area contributed by atoms with E-state index < -0.39 is 15.8 Å². The zero-order valence-corrected chi connectivity index (χ0v) is 11.6. The summed E-state index contributed by atoms with van der Waals surface area (Å²) in [5, 5.41) is 9.02. The van der Waals surface area contributed by atoms with E-state index in [2.05, 4.69) is 4.72 Å². The van der Waals surface area contributed by atoms with E-state index in [1.807, 2.05) is 6.07 Å². The van der Waals surface area contributed by atoms with Gasteiger partial charge in [0.2, 0.25) is 5.88 Å². The van der Waals surface area contributed by atoms with Crippen LogP contribution >= 0.6 is 0 Å². The van der Waals surface area contributed by atoms with Crippen LogP contribution in [0.3, 0.4) is 0 Å². The first kappa shape index (κ1) is 14.1. The molecule has 0 saturated carbocycles. The fourth-order valence-corrected chi connectivity index (χ4v) is 2.63. The largest absolute Gasteiger partial charge is 0.443 e. The van der Waals surface area contributed by atoms with Crippen LogP contribution in [0.15, 0.2) is 33.6 Å². The van der Waals surface area contributed by atoms with E-state index in [1.165, 1.54) is 0 Å². The molecule has 0 fully saturated rings. The van der Waals surface area contributed by atoms with Crippen LogP contribution in [0.1, 0.15) is 16.9 Å². The van der Waals surface area contributed by atoms with Crippen molar-refractivity contribution < 1.29 is 17.2 Å². The molecule has 0 aliphatic heterocycles. The van der Waals surface area contributed by atoms with E-state index in [0.717, 1.165) is 24.3 Å². The summed E-state index contributed by atoms with van der Waals surface area (Å²) in [6.07, 6.45) is 0. The fourth-order valence-electron chi connectivity index (χ4n) is 1.63. The first-order chi connectivity index (χ1) is 9.35. The third-order valence-corrected chi connectivity index (χ3v) is 4.20. The van der Waals surface area contributed by atoms with Crippen LogP contribution in [0.4, 0.5) is 10.3 Å². The predicted molar refractivity (Wildman–Crippen MR) is 70.1 cm³/mol. The maximum Gasteiger partial charge on any atom is 0.264 e. The third-order valence-electron chi connectivity index (χ3n) is 2.85. The van der Waals surface area contributed by atoms with Gasteiger partial charge in [0.1, 0.15) is 23.2 Å². The van der Waals surface area contributed by atoms with Crippen LogP contribution in [0.25, 0.3) is 0 Å². The van der Waals surface area contributed by atoms with Gasteiger partial charge in [-0.3, -0.25) is 0 Å². The quantitative estimate of drug-likeness (QED) is 0.943. The second kappa shape index (κ2) is 4.98. The van der Waals surface area contributed by atoms with E-state index >= 15 is 0 Å². The smallest absolute Gasteiger partial charge is 0.264 e. The van der Waals surface area contributed by atoms with Gasteiger partial charge in [-0.05, 0) is 38.1 Å². The molecule has 5 nitrogen and oxygen atoms in total.